The van der Waals surface area contributed by atoms with Crippen molar-refractivity contribution < 1.29 is 19.1 Å². The van der Waals surface area contributed by atoms with Gasteiger partial charge in [-0.2, -0.15) is 0 Å². The highest BCUT2D eigenvalue weighted by atomic mass is 16.5. The van der Waals surface area contributed by atoms with Crippen LogP contribution in [0.2, 0.25) is 0 Å². The second kappa shape index (κ2) is 9.73. The fraction of sp³-hybridized carbons (Fsp3) is 0.158. The second-order valence-corrected chi connectivity index (χ2v) is 5.19. The molecule has 136 valence electrons. The van der Waals surface area contributed by atoms with Gasteiger partial charge in [0.2, 0.25) is 0 Å². The molecule has 0 heterocycles. The molecule has 0 atom stereocenters. The number of nitrogens with one attached hydrogen (secondary N) is 3. The van der Waals surface area contributed by atoms with E-state index in [2.05, 4.69) is 22.5 Å². The molecular formula is C19H21N3O4. The maximum absolute atomic E-state index is 12.0. The average molecular weight is 355 g/mol. The van der Waals surface area contributed by atoms with E-state index in [-0.39, 0.29) is 18.5 Å². The molecule has 2 rings (SSSR count). The molecule has 0 aliphatic rings. The van der Waals surface area contributed by atoms with E-state index in [0.717, 1.165) is 0 Å². The van der Waals surface area contributed by atoms with Crippen LogP contribution in [-0.2, 0) is 4.79 Å². The highest BCUT2D eigenvalue weighted by Gasteiger charge is 2.07. The molecule has 0 aliphatic heterocycles. The number of ether oxygens (including phenoxy) is 2. The van der Waals surface area contributed by atoms with Gasteiger partial charge in [0.25, 0.3) is 5.91 Å². The Morgan fingerprint density at radius 1 is 1.00 bits per heavy atom. The van der Waals surface area contributed by atoms with Crippen LogP contribution in [0.1, 0.15) is 0 Å². The lowest BCUT2D eigenvalue weighted by atomic mass is 10.3. The van der Waals surface area contributed by atoms with Crippen molar-refractivity contribution >= 4 is 23.3 Å². The average Bonchev–Trinajstić information content (AvgIpc) is 2.66. The van der Waals surface area contributed by atoms with Crippen LogP contribution in [-0.4, -0.2) is 32.2 Å². The maximum atomic E-state index is 12.0. The highest BCUT2D eigenvalue weighted by molar-refractivity contribution is 5.93. The van der Waals surface area contributed by atoms with Gasteiger partial charge in [0, 0.05) is 17.9 Å². The summed E-state index contributed by atoms with van der Waals surface area (Å²) in [5.74, 6) is 0.751. The van der Waals surface area contributed by atoms with E-state index in [1.54, 1.807) is 48.5 Å². The molecule has 2 aromatic carbocycles. The normalized spacial score (nSPS) is 9.73. The van der Waals surface area contributed by atoms with Crippen LogP contribution in [0.15, 0.2) is 61.2 Å². The zero-order valence-corrected chi connectivity index (χ0v) is 14.5. The molecule has 0 radical (unpaired) electrons. The predicted molar refractivity (Wildman–Crippen MR) is 101 cm³/mol. The topological polar surface area (TPSA) is 88.7 Å². The summed E-state index contributed by atoms with van der Waals surface area (Å²) in [4.78, 5) is 23.5. The molecule has 7 heteroatoms. The molecule has 0 fully saturated rings. The molecule has 0 aliphatic carbocycles. The quantitative estimate of drug-likeness (QED) is 0.635. The summed E-state index contributed by atoms with van der Waals surface area (Å²) in [5, 5.41) is 7.99. The minimum Gasteiger partial charge on any atom is -0.493 e. The number of hydrogen-bond acceptors (Lipinski definition) is 4. The number of anilines is 2. The summed E-state index contributed by atoms with van der Waals surface area (Å²) < 4.78 is 10.6. The molecule has 2 aromatic rings. The van der Waals surface area contributed by atoms with Crippen molar-refractivity contribution in [2.24, 2.45) is 0 Å². The first-order chi connectivity index (χ1) is 12.6. The van der Waals surface area contributed by atoms with Crippen molar-refractivity contribution in [1.29, 1.82) is 0 Å². The number of amides is 3. The van der Waals surface area contributed by atoms with Gasteiger partial charge in [-0.05, 0) is 36.4 Å². The van der Waals surface area contributed by atoms with Gasteiger partial charge in [0.1, 0.15) is 0 Å². The first-order valence-electron chi connectivity index (χ1n) is 7.94. The number of hydrogen-bond donors (Lipinski definition) is 3. The Morgan fingerprint density at radius 2 is 1.62 bits per heavy atom. The maximum Gasteiger partial charge on any atom is 0.319 e. The van der Waals surface area contributed by atoms with Crippen molar-refractivity contribution in [2.45, 2.75) is 0 Å². The number of methoxy groups -OCH3 is 1. The summed E-state index contributed by atoms with van der Waals surface area (Å²) in [7, 11) is 1.54. The van der Waals surface area contributed by atoms with Crippen LogP contribution >= 0.6 is 0 Å². The number of para-hydroxylation sites is 2. The SMILES string of the molecule is C=CCNC(=O)Nc1ccc(NC(=O)COc2ccccc2OC)cc1. The molecule has 0 saturated carbocycles. The third kappa shape index (κ3) is 5.86. The molecule has 3 amide bonds. The van der Waals surface area contributed by atoms with Crippen LogP contribution in [0.3, 0.4) is 0 Å². The van der Waals surface area contributed by atoms with Crippen molar-refractivity contribution in [1.82, 2.24) is 5.32 Å². The zero-order chi connectivity index (χ0) is 18.8. The smallest absolute Gasteiger partial charge is 0.319 e. The first kappa shape index (κ1) is 18.9. The van der Waals surface area contributed by atoms with Gasteiger partial charge in [-0.15, -0.1) is 6.58 Å². The van der Waals surface area contributed by atoms with E-state index in [1.807, 2.05) is 6.07 Å². The number of rotatable bonds is 8. The van der Waals surface area contributed by atoms with Crippen molar-refractivity contribution in [2.75, 3.05) is 30.9 Å². The lowest BCUT2D eigenvalue weighted by molar-refractivity contribution is -0.118. The van der Waals surface area contributed by atoms with Crippen molar-refractivity contribution in [3.63, 3.8) is 0 Å². The van der Waals surface area contributed by atoms with Crippen LogP contribution < -0.4 is 25.4 Å². The van der Waals surface area contributed by atoms with Gasteiger partial charge in [-0.1, -0.05) is 18.2 Å². The van der Waals surface area contributed by atoms with Gasteiger partial charge in [0.15, 0.2) is 18.1 Å². The van der Waals surface area contributed by atoms with E-state index >= 15 is 0 Å². The largest absolute Gasteiger partial charge is 0.493 e. The predicted octanol–water partition coefficient (Wildman–Crippen LogP) is 3.02. The highest BCUT2D eigenvalue weighted by Crippen LogP contribution is 2.25. The lowest BCUT2D eigenvalue weighted by Crippen LogP contribution is -2.28. The summed E-state index contributed by atoms with van der Waals surface area (Å²) >= 11 is 0. The Hall–Kier alpha value is -3.48. The Morgan fingerprint density at radius 3 is 2.23 bits per heavy atom. The second-order valence-electron chi connectivity index (χ2n) is 5.19. The summed E-state index contributed by atoms with van der Waals surface area (Å²) in [5.41, 5.74) is 1.20. The number of carbonyl (C=O) groups excluding carboxylic acids is 2. The van der Waals surface area contributed by atoms with Gasteiger partial charge in [-0.3, -0.25) is 4.79 Å². The Labute approximate surface area is 152 Å². The minimum atomic E-state index is -0.327. The molecule has 0 saturated heterocycles. The van der Waals surface area contributed by atoms with Gasteiger partial charge in [-0.25, -0.2) is 4.79 Å². The van der Waals surface area contributed by atoms with Crippen molar-refractivity contribution in [3.05, 3.63) is 61.2 Å². The van der Waals surface area contributed by atoms with Crippen molar-refractivity contribution in [3.8, 4) is 11.5 Å². The lowest BCUT2D eigenvalue weighted by Gasteiger charge is -2.11. The third-order valence-corrected chi connectivity index (χ3v) is 3.26. The van der Waals surface area contributed by atoms with E-state index in [1.165, 1.54) is 7.11 Å². The summed E-state index contributed by atoms with van der Waals surface area (Å²) in [6, 6.07) is 13.5. The fourth-order valence-electron chi connectivity index (χ4n) is 2.06. The molecule has 0 aromatic heterocycles. The Bertz CT molecular complexity index is 760. The van der Waals surface area contributed by atoms with E-state index in [9.17, 15) is 9.59 Å². The van der Waals surface area contributed by atoms with E-state index < -0.39 is 0 Å². The van der Waals surface area contributed by atoms with Crippen LogP contribution in [0.5, 0.6) is 11.5 Å². The third-order valence-electron chi connectivity index (χ3n) is 3.26. The number of carbonyl (C=O) groups is 2. The summed E-state index contributed by atoms with van der Waals surface area (Å²) in [6.07, 6.45) is 1.59. The van der Waals surface area contributed by atoms with Crippen LogP contribution in [0.25, 0.3) is 0 Å². The van der Waals surface area contributed by atoms with Gasteiger partial charge in [0.05, 0.1) is 7.11 Å². The molecule has 7 nitrogen and oxygen atoms in total. The molecule has 26 heavy (non-hydrogen) atoms. The number of urea groups is 1. The Kier molecular flexibility index (Phi) is 7.05. The van der Waals surface area contributed by atoms with Gasteiger partial charge < -0.3 is 25.4 Å². The van der Waals surface area contributed by atoms with E-state index in [4.69, 9.17) is 9.47 Å². The summed E-state index contributed by atoms with van der Waals surface area (Å²) in [6.45, 7) is 3.76. The zero-order valence-electron chi connectivity index (χ0n) is 14.5. The Balaban J connectivity index is 1.83. The molecule has 0 unspecified atom stereocenters. The monoisotopic (exact) mass is 355 g/mol. The molecule has 3 N–H and O–H groups in total. The van der Waals surface area contributed by atoms with E-state index in [0.29, 0.717) is 29.4 Å². The molecule has 0 spiro atoms. The van der Waals surface area contributed by atoms with Crippen LogP contribution in [0.4, 0.5) is 16.2 Å². The van der Waals surface area contributed by atoms with Crippen LogP contribution in [0, 0.1) is 0 Å². The standard InChI is InChI=1S/C19H21N3O4/c1-3-12-20-19(24)22-15-10-8-14(9-11-15)21-18(23)13-26-17-7-5-4-6-16(17)25-2/h3-11H,1,12-13H2,2H3,(H,21,23)(H2,20,22,24). The van der Waals surface area contributed by atoms with Gasteiger partial charge >= 0.3 is 6.03 Å². The number of benzene rings is 2. The fourth-order valence-corrected chi connectivity index (χ4v) is 2.06. The molecule has 0 bridgehead atoms. The molecular weight excluding hydrogens is 334 g/mol. The first-order valence-corrected chi connectivity index (χ1v) is 7.94. The minimum absolute atomic E-state index is 0.148.